The van der Waals surface area contributed by atoms with Gasteiger partial charge in [0, 0.05) is 5.56 Å². The third-order valence-electron chi connectivity index (χ3n) is 2.55. The van der Waals surface area contributed by atoms with E-state index in [-0.39, 0.29) is 0 Å². The summed E-state index contributed by atoms with van der Waals surface area (Å²) >= 11 is 0. The van der Waals surface area contributed by atoms with E-state index in [0.29, 0.717) is 17.0 Å². The van der Waals surface area contributed by atoms with Crippen LogP contribution >= 0.6 is 0 Å². The minimum atomic E-state index is -1.06. The molecule has 2 aromatic carbocycles. The summed E-state index contributed by atoms with van der Waals surface area (Å²) in [5.41, 5.74) is 1.06. The van der Waals surface area contributed by atoms with Crippen molar-refractivity contribution in [3.05, 3.63) is 71.6 Å². The highest BCUT2D eigenvalue weighted by Gasteiger charge is 2.21. The molecule has 19 heavy (non-hydrogen) atoms. The molecule has 0 saturated heterocycles. The van der Waals surface area contributed by atoms with E-state index >= 15 is 0 Å². The topological polar surface area (TPSA) is 50.9 Å². The van der Waals surface area contributed by atoms with Crippen LogP contribution in [0.5, 0.6) is 5.75 Å². The molecule has 0 aliphatic rings. The SMILES string of the molecule is [C-]#[N+]c1ccc(OC(C(=O)O)c2ccccc2)cc1. The summed E-state index contributed by atoms with van der Waals surface area (Å²) in [5.74, 6) is -0.635. The van der Waals surface area contributed by atoms with E-state index in [4.69, 9.17) is 11.3 Å². The lowest BCUT2D eigenvalue weighted by molar-refractivity contribution is -0.145. The first-order chi connectivity index (χ1) is 9.20. The summed E-state index contributed by atoms with van der Waals surface area (Å²) < 4.78 is 5.46. The molecule has 0 radical (unpaired) electrons. The molecule has 0 bridgehead atoms. The van der Waals surface area contributed by atoms with Crippen molar-refractivity contribution in [1.29, 1.82) is 0 Å². The third-order valence-corrected chi connectivity index (χ3v) is 2.55. The first-order valence-electron chi connectivity index (χ1n) is 5.62. The number of benzene rings is 2. The summed E-state index contributed by atoms with van der Waals surface area (Å²) in [6.45, 7) is 6.85. The van der Waals surface area contributed by atoms with E-state index in [1.54, 1.807) is 48.5 Å². The second-order valence-electron chi connectivity index (χ2n) is 3.85. The molecule has 4 nitrogen and oxygen atoms in total. The predicted octanol–water partition coefficient (Wildman–Crippen LogP) is 3.44. The lowest BCUT2D eigenvalue weighted by Gasteiger charge is -2.15. The molecule has 0 aromatic heterocycles. The van der Waals surface area contributed by atoms with Crippen molar-refractivity contribution < 1.29 is 14.6 Å². The summed E-state index contributed by atoms with van der Waals surface area (Å²) in [7, 11) is 0. The number of nitrogens with zero attached hydrogens (tertiary/aromatic N) is 1. The Bertz CT molecular complexity index is 600. The van der Waals surface area contributed by atoms with Crippen LogP contribution in [0.15, 0.2) is 54.6 Å². The van der Waals surface area contributed by atoms with Crippen LogP contribution in [-0.4, -0.2) is 11.1 Å². The van der Waals surface area contributed by atoms with Gasteiger partial charge in [0.15, 0.2) is 5.69 Å². The van der Waals surface area contributed by atoms with Gasteiger partial charge in [0.1, 0.15) is 5.75 Å². The van der Waals surface area contributed by atoms with E-state index in [1.165, 1.54) is 0 Å². The first-order valence-corrected chi connectivity index (χ1v) is 5.62. The number of hydrogen-bond donors (Lipinski definition) is 1. The van der Waals surface area contributed by atoms with Crippen molar-refractivity contribution >= 4 is 11.7 Å². The number of carboxylic acids is 1. The Hall–Kier alpha value is -2.80. The Kier molecular flexibility index (Phi) is 3.79. The molecule has 2 rings (SSSR count). The summed E-state index contributed by atoms with van der Waals surface area (Å²) in [5, 5.41) is 9.22. The molecule has 0 saturated carbocycles. The lowest BCUT2D eigenvalue weighted by Crippen LogP contribution is -2.18. The van der Waals surface area contributed by atoms with Crippen LogP contribution < -0.4 is 4.74 Å². The second kappa shape index (κ2) is 5.69. The summed E-state index contributed by atoms with van der Waals surface area (Å²) in [4.78, 5) is 14.5. The largest absolute Gasteiger partial charge is 0.478 e. The molecule has 1 atom stereocenters. The fourth-order valence-corrected chi connectivity index (χ4v) is 1.62. The number of aliphatic carboxylic acids is 1. The molecule has 0 aliphatic carbocycles. The molecule has 0 heterocycles. The van der Waals surface area contributed by atoms with Gasteiger partial charge in [-0.1, -0.05) is 42.5 Å². The molecule has 0 amide bonds. The van der Waals surface area contributed by atoms with Crippen LogP contribution in [0.25, 0.3) is 4.85 Å². The third kappa shape index (κ3) is 3.11. The minimum Gasteiger partial charge on any atom is -0.478 e. The van der Waals surface area contributed by atoms with Crippen molar-refractivity contribution in [1.82, 2.24) is 0 Å². The molecule has 0 aliphatic heterocycles. The zero-order valence-corrected chi connectivity index (χ0v) is 9.98. The number of rotatable bonds is 4. The van der Waals surface area contributed by atoms with Gasteiger partial charge in [-0.05, 0) is 12.1 Å². The first kappa shape index (κ1) is 12.7. The molecular formula is C15H11NO3. The average Bonchev–Trinajstić information content (AvgIpc) is 2.46. The van der Waals surface area contributed by atoms with Gasteiger partial charge < -0.3 is 9.84 Å². The van der Waals surface area contributed by atoms with Crippen LogP contribution in [0.2, 0.25) is 0 Å². The monoisotopic (exact) mass is 253 g/mol. The quantitative estimate of drug-likeness (QED) is 0.849. The number of carboxylic acid groups (broad SMARTS) is 1. The Labute approximate surface area is 110 Å². The van der Waals surface area contributed by atoms with Gasteiger partial charge in [-0.2, -0.15) is 0 Å². The zero-order valence-electron chi connectivity index (χ0n) is 9.98. The van der Waals surface area contributed by atoms with Gasteiger partial charge >= 0.3 is 5.97 Å². The lowest BCUT2D eigenvalue weighted by atomic mass is 10.1. The van der Waals surface area contributed by atoms with E-state index < -0.39 is 12.1 Å². The van der Waals surface area contributed by atoms with Crippen LogP contribution in [0, 0.1) is 6.57 Å². The number of ether oxygens (including phenoxy) is 1. The van der Waals surface area contributed by atoms with E-state index in [9.17, 15) is 9.90 Å². The van der Waals surface area contributed by atoms with Gasteiger partial charge in [0.25, 0.3) is 0 Å². The normalized spacial score (nSPS) is 11.3. The molecule has 2 aromatic rings. The highest BCUT2D eigenvalue weighted by atomic mass is 16.5. The fourth-order valence-electron chi connectivity index (χ4n) is 1.62. The highest BCUT2D eigenvalue weighted by molar-refractivity contribution is 5.74. The van der Waals surface area contributed by atoms with Crippen molar-refractivity contribution in [2.45, 2.75) is 6.10 Å². The van der Waals surface area contributed by atoms with Crippen molar-refractivity contribution in [2.75, 3.05) is 0 Å². The summed E-state index contributed by atoms with van der Waals surface area (Å²) in [6.07, 6.45) is -1.06. The Morgan fingerprint density at radius 1 is 1.11 bits per heavy atom. The van der Waals surface area contributed by atoms with Gasteiger partial charge in [-0.25, -0.2) is 9.64 Å². The van der Waals surface area contributed by atoms with Gasteiger partial charge in [0.05, 0.1) is 6.57 Å². The Morgan fingerprint density at radius 3 is 2.26 bits per heavy atom. The van der Waals surface area contributed by atoms with E-state index in [0.717, 1.165) is 0 Å². The van der Waals surface area contributed by atoms with E-state index in [1.807, 2.05) is 6.07 Å². The maximum absolute atomic E-state index is 11.3. The molecule has 1 N–H and O–H groups in total. The molecular weight excluding hydrogens is 242 g/mol. The van der Waals surface area contributed by atoms with Crippen molar-refractivity contribution in [3.63, 3.8) is 0 Å². The van der Waals surface area contributed by atoms with Gasteiger partial charge in [0.2, 0.25) is 6.10 Å². The Balaban J connectivity index is 2.22. The van der Waals surface area contributed by atoms with E-state index in [2.05, 4.69) is 4.85 Å². The van der Waals surface area contributed by atoms with Crippen LogP contribution in [-0.2, 0) is 4.79 Å². The van der Waals surface area contributed by atoms with Crippen LogP contribution in [0.4, 0.5) is 5.69 Å². The number of hydrogen-bond acceptors (Lipinski definition) is 2. The molecule has 0 spiro atoms. The van der Waals surface area contributed by atoms with Crippen LogP contribution in [0.3, 0.4) is 0 Å². The minimum absolute atomic E-state index is 0.420. The zero-order chi connectivity index (χ0) is 13.7. The number of carbonyl (C=O) groups is 1. The van der Waals surface area contributed by atoms with Crippen LogP contribution in [0.1, 0.15) is 11.7 Å². The molecule has 1 unspecified atom stereocenters. The maximum atomic E-state index is 11.3. The smallest absolute Gasteiger partial charge is 0.349 e. The highest BCUT2D eigenvalue weighted by Crippen LogP contribution is 2.24. The average molecular weight is 253 g/mol. The second-order valence-corrected chi connectivity index (χ2v) is 3.85. The summed E-state index contributed by atoms with van der Waals surface area (Å²) in [6, 6.07) is 15.1. The maximum Gasteiger partial charge on any atom is 0.349 e. The molecule has 4 heteroatoms. The molecule has 94 valence electrons. The predicted molar refractivity (Wildman–Crippen MR) is 70.2 cm³/mol. The Morgan fingerprint density at radius 2 is 1.74 bits per heavy atom. The van der Waals surface area contributed by atoms with Gasteiger partial charge in [-0.15, -0.1) is 0 Å². The fraction of sp³-hybridized carbons (Fsp3) is 0.0667. The van der Waals surface area contributed by atoms with Crippen molar-refractivity contribution in [3.8, 4) is 5.75 Å². The van der Waals surface area contributed by atoms with Gasteiger partial charge in [-0.3, -0.25) is 0 Å². The standard InChI is InChI=1S/C15H11NO3/c1-16-12-7-9-13(10-8-12)19-14(15(17)18)11-5-3-2-4-6-11/h2-10,14H,(H,17,18). The molecule has 0 fully saturated rings. The van der Waals surface area contributed by atoms with Crippen molar-refractivity contribution in [2.24, 2.45) is 0 Å².